The van der Waals surface area contributed by atoms with E-state index >= 15 is 0 Å². The van der Waals surface area contributed by atoms with Gasteiger partial charge in [0.25, 0.3) is 0 Å². The number of fused-ring (bicyclic) bond motifs is 3. The van der Waals surface area contributed by atoms with Gasteiger partial charge in [-0.25, -0.2) is 4.79 Å². The van der Waals surface area contributed by atoms with Crippen molar-refractivity contribution < 1.29 is 14.6 Å². The number of likely N-dealkylation sites (N-methyl/N-ethyl adjacent to an activating group) is 1. The van der Waals surface area contributed by atoms with Gasteiger partial charge in [-0.1, -0.05) is 0 Å². The zero-order valence-corrected chi connectivity index (χ0v) is 14.1. The number of aliphatic hydroxyl groups is 1. The quantitative estimate of drug-likeness (QED) is 0.878. The van der Waals surface area contributed by atoms with E-state index in [9.17, 15) is 9.90 Å². The van der Waals surface area contributed by atoms with Crippen LogP contribution in [0, 0.1) is 6.92 Å². The molecule has 1 N–H and O–H groups in total. The fourth-order valence-corrected chi connectivity index (χ4v) is 3.60. The molecular formula is C18H24N2O3. The summed E-state index contributed by atoms with van der Waals surface area (Å²) in [5, 5.41) is 10.4. The van der Waals surface area contributed by atoms with Crippen molar-refractivity contribution in [3.05, 3.63) is 34.5 Å². The maximum atomic E-state index is 12.3. The third kappa shape index (κ3) is 2.75. The molecule has 0 saturated heterocycles. The summed E-state index contributed by atoms with van der Waals surface area (Å²) in [7, 11) is 3.54. The van der Waals surface area contributed by atoms with Crippen molar-refractivity contribution in [2.45, 2.75) is 32.9 Å². The number of methoxy groups -OCH3 is 1. The van der Waals surface area contributed by atoms with Crippen LogP contribution in [0.2, 0.25) is 0 Å². The number of benzene rings is 1. The lowest BCUT2D eigenvalue weighted by molar-refractivity contribution is 0.0602. The molecule has 1 aromatic heterocycles. The van der Waals surface area contributed by atoms with E-state index in [2.05, 4.69) is 22.6 Å². The van der Waals surface area contributed by atoms with Crippen LogP contribution in [-0.2, 0) is 24.2 Å². The zero-order valence-electron chi connectivity index (χ0n) is 14.1. The summed E-state index contributed by atoms with van der Waals surface area (Å²) in [5.74, 6) is -0.299. The van der Waals surface area contributed by atoms with Crippen LogP contribution in [0.1, 0.15) is 33.6 Å². The number of nitrogens with zero attached hydrogens (tertiary/aromatic N) is 2. The molecule has 2 aromatic rings. The highest BCUT2D eigenvalue weighted by atomic mass is 16.5. The minimum Gasteiger partial charge on any atom is -0.465 e. The minimum atomic E-state index is -0.299. The van der Waals surface area contributed by atoms with Gasteiger partial charge in [0, 0.05) is 43.7 Å². The first-order chi connectivity index (χ1) is 11.1. The predicted molar refractivity (Wildman–Crippen MR) is 89.8 cm³/mol. The second kappa shape index (κ2) is 6.34. The van der Waals surface area contributed by atoms with Gasteiger partial charge < -0.3 is 19.3 Å². The van der Waals surface area contributed by atoms with Gasteiger partial charge in [0.15, 0.2) is 0 Å². The number of rotatable bonds is 4. The molecule has 0 unspecified atom stereocenters. The molecule has 0 amide bonds. The molecule has 0 radical (unpaired) electrons. The van der Waals surface area contributed by atoms with Crippen LogP contribution in [0.25, 0.3) is 10.9 Å². The number of ether oxygens (including phenoxy) is 1. The van der Waals surface area contributed by atoms with Crippen LogP contribution in [-0.4, -0.2) is 47.9 Å². The van der Waals surface area contributed by atoms with Gasteiger partial charge in [-0.2, -0.15) is 0 Å². The molecule has 2 heterocycles. The Balaban J connectivity index is 2.30. The van der Waals surface area contributed by atoms with Gasteiger partial charge >= 0.3 is 5.97 Å². The van der Waals surface area contributed by atoms with Crippen molar-refractivity contribution >= 4 is 16.9 Å². The molecule has 0 saturated carbocycles. The van der Waals surface area contributed by atoms with E-state index < -0.39 is 0 Å². The number of aryl methyl sites for hydroxylation is 2. The second-order valence-electron chi connectivity index (χ2n) is 6.34. The SMILES string of the molecule is COC(=O)c1cc(C)cc2c3c(n(CCCO)c12)CCN(C)C3. The maximum absolute atomic E-state index is 12.3. The monoisotopic (exact) mass is 316 g/mol. The molecule has 3 rings (SSSR count). The molecule has 124 valence electrons. The van der Waals surface area contributed by atoms with Crippen molar-refractivity contribution in [1.82, 2.24) is 9.47 Å². The predicted octanol–water partition coefficient (Wildman–Crippen LogP) is 2.11. The van der Waals surface area contributed by atoms with Gasteiger partial charge in [0.1, 0.15) is 0 Å². The fraction of sp³-hybridized carbons (Fsp3) is 0.500. The highest BCUT2D eigenvalue weighted by Crippen LogP contribution is 2.34. The van der Waals surface area contributed by atoms with Crippen LogP contribution >= 0.6 is 0 Å². The number of hydrogen-bond acceptors (Lipinski definition) is 4. The van der Waals surface area contributed by atoms with E-state index in [-0.39, 0.29) is 12.6 Å². The van der Waals surface area contributed by atoms with Crippen molar-refractivity contribution in [2.24, 2.45) is 0 Å². The van der Waals surface area contributed by atoms with Gasteiger partial charge in [-0.15, -0.1) is 0 Å². The first kappa shape index (κ1) is 16.0. The van der Waals surface area contributed by atoms with Crippen molar-refractivity contribution in [1.29, 1.82) is 0 Å². The number of hydrogen-bond donors (Lipinski definition) is 1. The summed E-state index contributed by atoms with van der Waals surface area (Å²) in [6.07, 6.45) is 1.64. The summed E-state index contributed by atoms with van der Waals surface area (Å²) in [6.45, 7) is 4.78. The normalized spacial score (nSPS) is 15.0. The first-order valence-electron chi connectivity index (χ1n) is 8.09. The van der Waals surface area contributed by atoms with Crippen LogP contribution in [0.4, 0.5) is 0 Å². The Hall–Kier alpha value is -1.85. The number of aromatic nitrogens is 1. The van der Waals surface area contributed by atoms with Crippen molar-refractivity contribution in [3.63, 3.8) is 0 Å². The van der Waals surface area contributed by atoms with E-state index in [0.29, 0.717) is 12.0 Å². The Labute approximate surface area is 136 Å². The van der Waals surface area contributed by atoms with E-state index in [4.69, 9.17) is 4.74 Å². The first-order valence-corrected chi connectivity index (χ1v) is 8.09. The summed E-state index contributed by atoms with van der Waals surface area (Å²) in [6, 6.07) is 4.06. The van der Waals surface area contributed by atoms with E-state index in [1.807, 2.05) is 13.0 Å². The molecule has 0 atom stereocenters. The Morgan fingerprint density at radius 3 is 2.87 bits per heavy atom. The average Bonchev–Trinajstić information content (AvgIpc) is 2.84. The summed E-state index contributed by atoms with van der Waals surface area (Å²) in [5.41, 5.74) is 5.24. The van der Waals surface area contributed by atoms with Gasteiger partial charge in [0.2, 0.25) is 0 Å². The van der Waals surface area contributed by atoms with Crippen LogP contribution in [0.3, 0.4) is 0 Å². The van der Waals surface area contributed by atoms with Crippen molar-refractivity contribution in [2.75, 3.05) is 27.3 Å². The molecular weight excluding hydrogens is 292 g/mol. The third-order valence-corrected chi connectivity index (χ3v) is 4.63. The highest BCUT2D eigenvalue weighted by molar-refractivity contribution is 6.05. The van der Waals surface area contributed by atoms with Crippen LogP contribution < -0.4 is 0 Å². The molecule has 23 heavy (non-hydrogen) atoms. The number of aliphatic hydroxyl groups excluding tert-OH is 1. The lowest BCUT2D eigenvalue weighted by Crippen LogP contribution is -2.27. The van der Waals surface area contributed by atoms with E-state index in [1.54, 1.807) is 0 Å². The number of carbonyl (C=O) groups is 1. The third-order valence-electron chi connectivity index (χ3n) is 4.63. The average molecular weight is 316 g/mol. The Bertz CT molecular complexity index is 749. The standard InChI is InChI=1S/C18H24N2O3/c1-12-9-13-15-11-19(2)7-5-16(15)20(6-4-8-21)17(13)14(10-12)18(22)23-3/h9-10,21H,4-8,11H2,1-3H3. The number of carbonyl (C=O) groups excluding carboxylic acids is 1. The highest BCUT2D eigenvalue weighted by Gasteiger charge is 2.25. The Kier molecular flexibility index (Phi) is 4.41. The molecule has 0 fully saturated rings. The molecule has 1 aromatic carbocycles. The smallest absolute Gasteiger partial charge is 0.340 e. The summed E-state index contributed by atoms with van der Waals surface area (Å²) < 4.78 is 7.22. The van der Waals surface area contributed by atoms with Crippen LogP contribution in [0.5, 0.6) is 0 Å². The molecule has 5 heteroatoms. The van der Waals surface area contributed by atoms with Crippen molar-refractivity contribution in [3.8, 4) is 0 Å². The maximum Gasteiger partial charge on any atom is 0.340 e. The molecule has 0 spiro atoms. The molecule has 0 bridgehead atoms. The van der Waals surface area contributed by atoms with Gasteiger partial charge in [0.05, 0.1) is 18.2 Å². The van der Waals surface area contributed by atoms with Gasteiger partial charge in [-0.05, 0) is 43.7 Å². The fourth-order valence-electron chi connectivity index (χ4n) is 3.60. The largest absolute Gasteiger partial charge is 0.465 e. The lowest BCUT2D eigenvalue weighted by Gasteiger charge is -2.24. The number of esters is 1. The van der Waals surface area contributed by atoms with Gasteiger partial charge in [-0.3, -0.25) is 0 Å². The Morgan fingerprint density at radius 2 is 2.17 bits per heavy atom. The summed E-state index contributed by atoms with van der Waals surface area (Å²) in [4.78, 5) is 14.6. The molecule has 5 nitrogen and oxygen atoms in total. The molecule has 1 aliphatic heterocycles. The van der Waals surface area contributed by atoms with E-state index in [1.165, 1.54) is 18.4 Å². The topological polar surface area (TPSA) is 54.7 Å². The minimum absolute atomic E-state index is 0.147. The molecule has 1 aliphatic rings. The Morgan fingerprint density at radius 1 is 1.39 bits per heavy atom. The summed E-state index contributed by atoms with van der Waals surface area (Å²) >= 11 is 0. The second-order valence-corrected chi connectivity index (χ2v) is 6.34. The zero-order chi connectivity index (χ0) is 16.6. The molecule has 0 aliphatic carbocycles. The van der Waals surface area contributed by atoms with E-state index in [0.717, 1.165) is 42.5 Å². The van der Waals surface area contributed by atoms with Crippen LogP contribution in [0.15, 0.2) is 12.1 Å². The lowest BCUT2D eigenvalue weighted by atomic mass is 10.0.